The zero-order valence-electron chi connectivity index (χ0n) is 20.0. The monoisotopic (exact) mass is 428 g/mol. The zero-order valence-corrected chi connectivity index (χ0v) is 20.0. The Morgan fingerprint density at radius 3 is 2.32 bits per heavy atom. The van der Waals surface area contributed by atoms with E-state index in [-0.39, 0.29) is 5.41 Å². The maximum atomic E-state index is 5.46. The van der Waals surface area contributed by atoms with E-state index in [1.54, 1.807) is 26.2 Å². The number of hydrogen-bond donors (Lipinski definition) is 2. The first kappa shape index (κ1) is 23.4. The van der Waals surface area contributed by atoms with Gasteiger partial charge in [-0.15, -0.1) is 0 Å². The number of nitrogens with one attached hydrogen (secondary N) is 1. The van der Waals surface area contributed by atoms with Crippen molar-refractivity contribution in [2.45, 2.75) is 44.7 Å². The summed E-state index contributed by atoms with van der Waals surface area (Å²) in [6.07, 6.45) is 2.39. The number of hydrogen-bond acceptors (Lipinski definition) is 3. The molecule has 31 heavy (non-hydrogen) atoms. The van der Waals surface area contributed by atoms with Gasteiger partial charge in [0.05, 0.1) is 47.5 Å². The van der Waals surface area contributed by atoms with Gasteiger partial charge in [-0.05, 0) is 42.8 Å². The van der Waals surface area contributed by atoms with Crippen LogP contribution < -0.4 is 24.4 Å². The molecule has 170 valence electrons. The molecule has 0 aromatic heterocycles. The third-order valence-corrected chi connectivity index (χ3v) is 7.37. The largest absolute Gasteiger partial charge is 0.497 e. The summed E-state index contributed by atoms with van der Waals surface area (Å²) in [7, 11) is 7.43. The van der Waals surface area contributed by atoms with Crippen molar-refractivity contribution in [1.82, 2.24) is 0 Å². The van der Waals surface area contributed by atoms with E-state index in [2.05, 4.69) is 62.6 Å². The predicted octanol–water partition coefficient (Wildman–Crippen LogP) is 2.05. The van der Waals surface area contributed by atoms with E-state index in [9.17, 15) is 0 Å². The number of methoxy groups -OCH3 is 3. The van der Waals surface area contributed by atoms with Crippen molar-refractivity contribution < 1.29 is 24.4 Å². The second kappa shape index (κ2) is 10.4. The molecule has 0 saturated carbocycles. The van der Waals surface area contributed by atoms with E-state index >= 15 is 0 Å². The molecule has 3 rings (SSSR count). The predicted molar refractivity (Wildman–Crippen MR) is 124 cm³/mol. The SMILES string of the molecule is COc1ccc([C@@]2(CC[NH2+]Cc3ccc(OC)c(OC)c3)C[C@H](C)[NH+](C)C[C@H]2C)cc1. The molecule has 5 nitrogen and oxygen atoms in total. The van der Waals surface area contributed by atoms with Crippen LogP contribution in [0.3, 0.4) is 0 Å². The van der Waals surface area contributed by atoms with Gasteiger partial charge in [0.25, 0.3) is 0 Å². The van der Waals surface area contributed by atoms with Gasteiger partial charge in [0.1, 0.15) is 12.3 Å². The molecule has 3 N–H and O–H groups in total. The van der Waals surface area contributed by atoms with Crippen LogP contribution in [0.1, 0.15) is 37.8 Å². The number of piperidine rings is 1. The van der Waals surface area contributed by atoms with Gasteiger partial charge in [-0.2, -0.15) is 0 Å². The van der Waals surface area contributed by atoms with E-state index < -0.39 is 0 Å². The lowest BCUT2D eigenvalue weighted by Gasteiger charge is -2.47. The molecular formula is C26H40N2O3+2. The Hall–Kier alpha value is -2.24. The topological polar surface area (TPSA) is 48.7 Å². The first-order valence-corrected chi connectivity index (χ1v) is 11.4. The van der Waals surface area contributed by atoms with E-state index in [1.807, 2.05) is 6.07 Å². The van der Waals surface area contributed by atoms with Crippen molar-refractivity contribution in [1.29, 1.82) is 0 Å². The van der Waals surface area contributed by atoms with Crippen LogP contribution in [0.15, 0.2) is 42.5 Å². The van der Waals surface area contributed by atoms with Gasteiger partial charge in [0.15, 0.2) is 11.5 Å². The van der Waals surface area contributed by atoms with Gasteiger partial charge in [0, 0.05) is 29.7 Å². The molecule has 0 aliphatic carbocycles. The van der Waals surface area contributed by atoms with Crippen LogP contribution in [-0.2, 0) is 12.0 Å². The second-order valence-corrected chi connectivity index (χ2v) is 9.16. The quantitative estimate of drug-likeness (QED) is 0.601. The van der Waals surface area contributed by atoms with Crippen LogP contribution in [-0.4, -0.2) is 47.5 Å². The third-order valence-electron chi connectivity index (χ3n) is 7.37. The van der Waals surface area contributed by atoms with Crippen LogP contribution in [0, 0.1) is 5.92 Å². The van der Waals surface area contributed by atoms with Gasteiger partial charge >= 0.3 is 0 Å². The summed E-state index contributed by atoms with van der Waals surface area (Å²) in [5.41, 5.74) is 2.92. The van der Waals surface area contributed by atoms with Crippen molar-refractivity contribution in [3.05, 3.63) is 53.6 Å². The molecular weight excluding hydrogens is 388 g/mol. The van der Waals surface area contributed by atoms with Gasteiger partial charge in [-0.3, -0.25) is 0 Å². The Morgan fingerprint density at radius 2 is 1.68 bits per heavy atom. The Kier molecular flexibility index (Phi) is 7.84. The van der Waals surface area contributed by atoms with Crippen molar-refractivity contribution in [3.63, 3.8) is 0 Å². The lowest BCUT2D eigenvalue weighted by molar-refractivity contribution is -0.915. The molecule has 0 spiro atoms. The molecule has 1 heterocycles. The van der Waals surface area contributed by atoms with Gasteiger partial charge in [-0.25, -0.2) is 0 Å². The molecule has 1 aliphatic rings. The third kappa shape index (κ3) is 5.16. The Bertz CT molecular complexity index is 839. The van der Waals surface area contributed by atoms with Crippen LogP contribution in [0.5, 0.6) is 17.2 Å². The number of nitrogens with two attached hydrogens (primary N) is 1. The van der Waals surface area contributed by atoms with Crippen molar-refractivity contribution in [3.8, 4) is 17.2 Å². The van der Waals surface area contributed by atoms with E-state index in [4.69, 9.17) is 14.2 Å². The van der Waals surface area contributed by atoms with Gasteiger partial charge < -0.3 is 24.4 Å². The number of benzene rings is 2. The molecule has 0 amide bonds. The van der Waals surface area contributed by atoms with Crippen molar-refractivity contribution in [2.75, 3.05) is 41.5 Å². The standard InChI is InChI=1S/C26H38N2O3/c1-19-18-28(3)20(2)16-26(19,22-8-10-23(29-4)11-9-22)13-14-27-17-21-7-12-24(30-5)25(15-21)31-6/h7-12,15,19-20,27H,13-14,16-18H2,1-6H3/p+2/t19-,20+,26+/m1/s1. The highest BCUT2D eigenvalue weighted by Crippen LogP contribution is 2.41. The lowest BCUT2D eigenvalue weighted by atomic mass is 9.63. The Labute approximate surface area is 187 Å². The average molecular weight is 429 g/mol. The summed E-state index contributed by atoms with van der Waals surface area (Å²) in [4.78, 5) is 1.64. The normalized spacial score (nSPS) is 25.8. The van der Waals surface area contributed by atoms with Crippen LogP contribution in [0.4, 0.5) is 0 Å². The molecule has 2 aromatic rings. The molecule has 0 bridgehead atoms. The number of ether oxygens (including phenoxy) is 3. The van der Waals surface area contributed by atoms with Gasteiger partial charge in [-0.1, -0.05) is 19.1 Å². The fourth-order valence-corrected chi connectivity index (χ4v) is 5.26. The number of quaternary nitrogens is 2. The maximum Gasteiger partial charge on any atom is 0.161 e. The Morgan fingerprint density at radius 1 is 0.968 bits per heavy atom. The minimum absolute atomic E-state index is 0.208. The fourth-order valence-electron chi connectivity index (χ4n) is 5.26. The summed E-state index contributed by atoms with van der Waals surface area (Å²) in [6, 6.07) is 15.7. The first-order chi connectivity index (χ1) is 14.9. The molecule has 1 aliphatic heterocycles. The molecule has 5 heteroatoms. The highest BCUT2D eigenvalue weighted by Gasteiger charge is 2.46. The minimum Gasteiger partial charge on any atom is -0.497 e. The second-order valence-electron chi connectivity index (χ2n) is 9.16. The van der Waals surface area contributed by atoms with Crippen molar-refractivity contribution in [2.24, 2.45) is 5.92 Å². The summed E-state index contributed by atoms with van der Waals surface area (Å²) in [6.45, 7) is 8.08. The summed E-state index contributed by atoms with van der Waals surface area (Å²) in [5.74, 6) is 3.13. The molecule has 1 saturated heterocycles. The number of likely N-dealkylation sites (tertiary alicyclic amines) is 1. The zero-order chi connectivity index (χ0) is 22.4. The highest BCUT2D eigenvalue weighted by atomic mass is 16.5. The average Bonchev–Trinajstić information content (AvgIpc) is 2.79. The maximum absolute atomic E-state index is 5.46. The minimum atomic E-state index is 0.208. The lowest BCUT2D eigenvalue weighted by Crippen LogP contribution is -3.15. The van der Waals surface area contributed by atoms with E-state index in [0.717, 1.165) is 30.3 Å². The van der Waals surface area contributed by atoms with Crippen LogP contribution in [0.25, 0.3) is 0 Å². The van der Waals surface area contributed by atoms with E-state index in [0.29, 0.717) is 12.0 Å². The van der Waals surface area contributed by atoms with Crippen LogP contribution in [0.2, 0.25) is 0 Å². The van der Waals surface area contributed by atoms with Crippen LogP contribution >= 0.6 is 0 Å². The molecule has 2 aromatic carbocycles. The summed E-state index contributed by atoms with van der Waals surface area (Å²) in [5, 5.41) is 2.43. The summed E-state index contributed by atoms with van der Waals surface area (Å²) >= 11 is 0. The fraction of sp³-hybridized carbons (Fsp3) is 0.538. The molecule has 1 fully saturated rings. The highest BCUT2D eigenvalue weighted by molar-refractivity contribution is 5.42. The molecule has 0 radical (unpaired) electrons. The Balaban J connectivity index is 1.72. The molecule has 1 unspecified atom stereocenters. The molecule has 4 atom stereocenters. The van der Waals surface area contributed by atoms with Gasteiger partial charge in [0.2, 0.25) is 0 Å². The number of rotatable bonds is 9. The van der Waals surface area contributed by atoms with Crippen molar-refractivity contribution >= 4 is 0 Å². The summed E-state index contributed by atoms with van der Waals surface area (Å²) < 4.78 is 16.2. The smallest absolute Gasteiger partial charge is 0.161 e. The first-order valence-electron chi connectivity index (χ1n) is 11.4. The van der Waals surface area contributed by atoms with E-state index in [1.165, 1.54) is 30.5 Å².